The van der Waals surface area contributed by atoms with Crippen molar-refractivity contribution in [2.24, 2.45) is 11.1 Å². The Morgan fingerprint density at radius 2 is 1.55 bits per heavy atom. The zero-order valence-corrected chi connectivity index (χ0v) is 14.5. The molecule has 22 heavy (non-hydrogen) atoms. The number of carbonyl (C=O) groups is 2. The van der Waals surface area contributed by atoms with Crippen molar-refractivity contribution in [3.05, 3.63) is 0 Å². The fourth-order valence-corrected chi connectivity index (χ4v) is 3.03. The fraction of sp³-hybridized carbons (Fsp3) is 0.875. The van der Waals surface area contributed by atoms with Crippen LogP contribution in [0.2, 0.25) is 0 Å². The topological polar surface area (TPSA) is 75.9 Å². The summed E-state index contributed by atoms with van der Waals surface area (Å²) in [6.45, 7) is 12.6. The molecule has 3 atom stereocenters. The molecule has 0 aliphatic carbocycles. The molecule has 0 radical (unpaired) electrons. The number of likely N-dealkylation sites (tertiary alicyclic amines) is 2. The lowest BCUT2D eigenvalue weighted by Gasteiger charge is -2.38. The second-order valence-electron chi connectivity index (χ2n) is 8.51. The maximum Gasteiger partial charge on any atom is 0.410 e. The van der Waals surface area contributed by atoms with Gasteiger partial charge in [-0.2, -0.15) is 0 Å². The van der Waals surface area contributed by atoms with Gasteiger partial charge in [0.15, 0.2) is 0 Å². The van der Waals surface area contributed by atoms with Crippen molar-refractivity contribution in [2.75, 3.05) is 13.1 Å². The second-order valence-corrected chi connectivity index (χ2v) is 8.51. The molecule has 0 spiro atoms. The highest BCUT2D eigenvalue weighted by atomic mass is 16.6. The van der Waals surface area contributed by atoms with Crippen LogP contribution in [0, 0.1) is 5.41 Å². The lowest BCUT2D eigenvalue weighted by atomic mass is 9.86. The Morgan fingerprint density at radius 1 is 1.05 bits per heavy atom. The van der Waals surface area contributed by atoms with Crippen LogP contribution in [-0.2, 0) is 9.53 Å². The van der Waals surface area contributed by atoms with Crippen molar-refractivity contribution in [1.82, 2.24) is 9.80 Å². The lowest BCUT2D eigenvalue weighted by molar-refractivity contribution is -0.137. The van der Waals surface area contributed by atoms with Crippen LogP contribution in [0.5, 0.6) is 0 Å². The summed E-state index contributed by atoms with van der Waals surface area (Å²) < 4.78 is 5.43. The van der Waals surface area contributed by atoms with Crippen LogP contribution in [0.25, 0.3) is 0 Å². The molecule has 2 saturated heterocycles. The van der Waals surface area contributed by atoms with Gasteiger partial charge in [0.25, 0.3) is 0 Å². The molecule has 2 aliphatic heterocycles. The third-order valence-corrected chi connectivity index (χ3v) is 4.35. The second kappa shape index (κ2) is 5.41. The average molecular weight is 311 g/mol. The lowest BCUT2D eigenvalue weighted by Crippen LogP contribution is -2.57. The maximum absolute atomic E-state index is 12.6. The van der Waals surface area contributed by atoms with Crippen LogP contribution >= 0.6 is 0 Å². The molecule has 2 heterocycles. The third kappa shape index (κ3) is 3.37. The first-order valence-electron chi connectivity index (χ1n) is 7.96. The zero-order chi connectivity index (χ0) is 16.9. The first-order valence-corrected chi connectivity index (χ1v) is 7.96. The summed E-state index contributed by atoms with van der Waals surface area (Å²) >= 11 is 0. The van der Waals surface area contributed by atoms with Crippen LogP contribution < -0.4 is 5.73 Å². The Kier molecular flexibility index (Phi) is 4.19. The van der Waals surface area contributed by atoms with E-state index < -0.39 is 11.6 Å². The Balaban J connectivity index is 1.98. The number of hydrogen-bond acceptors (Lipinski definition) is 4. The predicted octanol–water partition coefficient (Wildman–Crippen LogP) is 1.58. The number of hydrogen-bond donors (Lipinski definition) is 1. The number of piperazine rings is 1. The highest BCUT2D eigenvalue weighted by molar-refractivity contribution is 5.83. The Hall–Kier alpha value is -1.30. The van der Waals surface area contributed by atoms with Crippen LogP contribution in [0.15, 0.2) is 0 Å². The first-order chi connectivity index (χ1) is 9.90. The van der Waals surface area contributed by atoms with E-state index in [2.05, 4.69) is 0 Å². The van der Waals surface area contributed by atoms with Crippen molar-refractivity contribution in [3.63, 3.8) is 0 Å². The van der Waals surface area contributed by atoms with Gasteiger partial charge in [0.05, 0.1) is 18.1 Å². The smallest absolute Gasteiger partial charge is 0.410 e. The number of carbonyl (C=O) groups excluding carboxylic acids is 2. The summed E-state index contributed by atoms with van der Waals surface area (Å²) in [6, 6.07) is -0.392. The minimum absolute atomic E-state index is 0.0103. The van der Waals surface area contributed by atoms with E-state index in [9.17, 15) is 9.59 Å². The standard InChI is InChI=1S/C16H29N3O3/c1-15(2,3)12(17)13(20)18-8-11-7-10(18)9-19(11)14(21)22-16(4,5)6/h10-12H,7-9,17H2,1-6H3. The molecule has 2 aliphatic rings. The highest BCUT2D eigenvalue weighted by Gasteiger charge is 2.49. The van der Waals surface area contributed by atoms with Crippen LogP contribution in [0.1, 0.15) is 48.0 Å². The number of rotatable bonds is 1. The van der Waals surface area contributed by atoms with Gasteiger partial charge in [0, 0.05) is 13.1 Å². The summed E-state index contributed by atoms with van der Waals surface area (Å²) in [5, 5.41) is 0. The van der Waals surface area contributed by atoms with E-state index in [1.807, 2.05) is 46.4 Å². The molecule has 0 saturated carbocycles. The summed E-state index contributed by atoms with van der Waals surface area (Å²) in [6.07, 6.45) is 0.536. The minimum atomic E-state index is -0.512. The maximum atomic E-state index is 12.6. The van der Waals surface area contributed by atoms with E-state index >= 15 is 0 Å². The van der Waals surface area contributed by atoms with Gasteiger partial charge in [-0.25, -0.2) is 4.79 Å². The Morgan fingerprint density at radius 3 is 1.95 bits per heavy atom. The quantitative estimate of drug-likeness (QED) is 0.797. The first kappa shape index (κ1) is 17.1. The van der Waals surface area contributed by atoms with Gasteiger partial charge >= 0.3 is 6.09 Å². The van der Waals surface area contributed by atoms with Gasteiger partial charge in [-0.3, -0.25) is 4.79 Å². The molecular weight excluding hydrogens is 282 g/mol. The van der Waals surface area contributed by atoms with Crippen molar-refractivity contribution in [2.45, 2.75) is 71.7 Å². The normalized spacial score (nSPS) is 26.3. The van der Waals surface area contributed by atoms with Crippen LogP contribution in [0.4, 0.5) is 4.79 Å². The molecule has 0 aromatic rings. The number of nitrogens with zero attached hydrogens (tertiary/aromatic N) is 2. The van der Waals surface area contributed by atoms with E-state index in [1.54, 1.807) is 4.90 Å². The highest BCUT2D eigenvalue weighted by Crippen LogP contribution is 2.33. The summed E-state index contributed by atoms with van der Waals surface area (Å²) in [4.78, 5) is 28.4. The van der Waals surface area contributed by atoms with Gasteiger partial charge in [-0.1, -0.05) is 20.8 Å². The monoisotopic (exact) mass is 311 g/mol. The van der Waals surface area contributed by atoms with Gasteiger partial charge in [0.1, 0.15) is 5.60 Å². The minimum Gasteiger partial charge on any atom is -0.444 e. The fourth-order valence-electron chi connectivity index (χ4n) is 3.03. The van der Waals surface area contributed by atoms with E-state index in [0.717, 1.165) is 6.42 Å². The molecule has 126 valence electrons. The molecule has 2 rings (SSSR count). The Bertz CT molecular complexity index is 464. The molecule has 2 fully saturated rings. The largest absolute Gasteiger partial charge is 0.444 e. The van der Waals surface area contributed by atoms with Crippen molar-refractivity contribution in [3.8, 4) is 0 Å². The number of amides is 2. The average Bonchev–Trinajstić information content (AvgIpc) is 2.93. The van der Waals surface area contributed by atoms with Crippen molar-refractivity contribution < 1.29 is 14.3 Å². The Labute approximate surface area is 132 Å². The molecular formula is C16H29N3O3. The molecule has 2 bridgehead atoms. The van der Waals surface area contributed by atoms with E-state index in [1.165, 1.54) is 0 Å². The van der Waals surface area contributed by atoms with Gasteiger partial charge < -0.3 is 20.3 Å². The van der Waals surface area contributed by atoms with Crippen LogP contribution in [0.3, 0.4) is 0 Å². The SMILES string of the molecule is CC(C)(C)OC(=O)N1CC2CC1CN2C(=O)C(N)C(C)(C)C. The van der Waals surface area contributed by atoms with E-state index in [-0.39, 0.29) is 29.5 Å². The summed E-state index contributed by atoms with van der Waals surface area (Å²) in [5.41, 5.74) is 5.33. The number of ether oxygens (including phenoxy) is 1. The van der Waals surface area contributed by atoms with Crippen molar-refractivity contribution in [1.29, 1.82) is 0 Å². The van der Waals surface area contributed by atoms with Gasteiger partial charge in [-0.05, 0) is 32.6 Å². The van der Waals surface area contributed by atoms with Crippen LogP contribution in [-0.4, -0.2) is 58.6 Å². The molecule has 0 aromatic heterocycles. The van der Waals surface area contributed by atoms with Gasteiger partial charge in [-0.15, -0.1) is 0 Å². The zero-order valence-electron chi connectivity index (χ0n) is 14.5. The van der Waals surface area contributed by atoms with E-state index in [4.69, 9.17) is 10.5 Å². The predicted molar refractivity (Wildman–Crippen MR) is 84.3 cm³/mol. The molecule has 3 unspecified atom stereocenters. The van der Waals surface area contributed by atoms with Gasteiger partial charge in [0.2, 0.25) is 5.91 Å². The number of nitrogens with two attached hydrogens (primary N) is 1. The van der Waals surface area contributed by atoms with Crippen molar-refractivity contribution >= 4 is 12.0 Å². The third-order valence-electron chi connectivity index (χ3n) is 4.35. The van der Waals surface area contributed by atoms with E-state index in [0.29, 0.717) is 13.1 Å². The molecule has 0 aromatic carbocycles. The molecule has 6 nitrogen and oxygen atoms in total. The summed E-state index contributed by atoms with van der Waals surface area (Å²) in [5.74, 6) is -0.0103. The molecule has 6 heteroatoms. The molecule has 2 amide bonds. The molecule has 2 N–H and O–H groups in total. The number of fused-ring (bicyclic) bond motifs is 2. The summed E-state index contributed by atoms with van der Waals surface area (Å²) in [7, 11) is 0.